The van der Waals surface area contributed by atoms with Crippen LogP contribution in [0, 0.1) is 13.8 Å². The summed E-state index contributed by atoms with van der Waals surface area (Å²) >= 11 is 0. The molecular formula is C24H25NO5S. The minimum absolute atomic E-state index is 0.142. The van der Waals surface area contributed by atoms with Crippen molar-refractivity contribution in [2.45, 2.75) is 37.7 Å². The maximum Gasteiger partial charge on any atom is 0.339 e. The zero-order valence-electron chi connectivity index (χ0n) is 17.6. The van der Waals surface area contributed by atoms with Gasteiger partial charge in [-0.25, -0.2) is 13.2 Å². The van der Waals surface area contributed by atoms with Gasteiger partial charge in [0, 0.05) is 19.2 Å². The summed E-state index contributed by atoms with van der Waals surface area (Å²) in [6.07, 6.45) is 0.969. The molecule has 1 aliphatic heterocycles. The Morgan fingerprint density at radius 1 is 0.935 bits per heavy atom. The van der Waals surface area contributed by atoms with Crippen molar-refractivity contribution in [2.24, 2.45) is 0 Å². The number of hydrogen-bond acceptors (Lipinski definition) is 5. The Morgan fingerprint density at radius 3 is 2.29 bits per heavy atom. The third kappa shape index (κ3) is 4.89. The first-order valence-electron chi connectivity index (χ1n) is 10.3. The van der Waals surface area contributed by atoms with Crippen LogP contribution in [0.4, 0.5) is 0 Å². The Balaban J connectivity index is 1.42. The molecule has 0 aliphatic carbocycles. The lowest BCUT2D eigenvalue weighted by atomic mass is 10.0. The second-order valence-corrected chi connectivity index (χ2v) is 9.78. The number of piperidine rings is 1. The van der Waals surface area contributed by atoms with E-state index in [1.165, 1.54) is 10.4 Å². The summed E-state index contributed by atoms with van der Waals surface area (Å²) in [4.78, 5) is 11.8. The highest BCUT2D eigenvalue weighted by atomic mass is 32.2. The number of nitrogens with zero attached hydrogens (tertiary/aromatic N) is 1. The van der Waals surface area contributed by atoms with Gasteiger partial charge < -0.3 is 9.15 Å². The lowest BCUT2D eigenvalue weighted by molar-refractivity contribution is 0.134. The fraction of sp³-hybridized carbons (Fsp3) is 0.292. The Bertz CT molecular complexity index is 1220. The van der Waals surface area contributed by atoms with Crippen LogP contribution in [0.15, 0.2) is 74.8 Å². The van der Waals surface area contributed by atoms with Crippen LogP contribution in [0.1, 0.15) is 24.2 Å². The first kappa shape index (κ1) is 21.3. The second kappa shape index (κ2) is 8.69. The van der Waals surface area contributed by atoms with Crippen molar-refractivity contribution < 1.29 is 17.6 Å². The molecule has 6 nitrogen and oxygen atoms in total. The zero-order chi connectivity index (χ0) is 22.0. The van der Waals surface area contributed by atoms with E-state index in [2.05, 4.69) is 6.07 Å². The lowest BCUT2D eigenvalue weighted by Gasteiger charge is -2.31. The SMILES string of the molecule is Cc1cccc(-c2ccc(S(=O)(=O)N3CCC(Oc4cc(C)oc(=O)c4)CC3)cc2)c1. The van der Waals surface area contributed by atoms with Gasteiger partial charge in [0.2, 0.25) is 10.0 Å². The molecule has 0 saturated carbocycles. The first-order chi connectivity index (χ1) is 14.8. The van der Waals surface area contributed by atoms with Gasteiger partial charge in [-0.2, -0.15) is 4.31 Å². The van der Waals surface area contributed by atoms with E-state index in [0.29, 0.717) is 42.3 Å². The quantitative estimate of drug-likeness (QED) is 0.597. The standard InChI is InChI=1S/C24H25NO5S/c1-17-4-3-5-20(14-17)19-6-8-23(9-7-19)31(27,28)25-12-10-21(11-13-25)30-22-15-18(2)29-24(26)16-22/h3-9,14-16,21H,10-13H2,1-2H3. The van der Waals surface area contributed by atoms with Crippen molar-refractivity contribution >= 4 is 10.0 Å². The molecule has 0 spiro atoms. The topological polar surface area (TPSA) is 76.8 Å². The van der Waals surface area contributed by atoms with Crippen LogP contribution in [0.25, 0.3) is 11.1 Å². The van der Waals surface area contributed by atoms with E-state index in [1.54, 1.807) is 25.1 Å². The summed E-state index contributed by atoms with van der Waals surface area (Å²) in [6.45, 7) is 4.46. The molecule has 1 aromatic heterocycles. The Labute approximate surface area is 182 Å². The Hall–Kier alpha value is -2.90. The number of sulfonamides is 1. The molecular weight excluding hydrogens is 414 g/mol. The molecule has 1 fully saturated rings. The number of benzene rings is 2. The summed E-state index contributed by atoms with van der Waals surface area (Å²) in [6, 6.07) is 18.1. The van der Waals surface area contributed by atoms with Gasteiger partial charge in [-0.3, -0.25) is 0 Å². The van der Waals surface area contributed by atoms with E-state index >= 15 is 0 Å². The molecule has 3 aromatic rings. The van der Waals surface area contributed by atoms with E-state index < -0.39 is 15.6 Å². The van der Waals surface area contributed by atoms with Crippen LogP contribution >= 0.6 is 0 Å². The zero-order valence-corrected chi connectivity index (χ0v) is 18.4. The average Bonchev–Trinajstić information content (AvgIpc) is 2.73. The largest absolute Gasteiger partial charge is 0.490 e. The van der Waals surface area contributed by atoms with Crippen molar-refractivity contribution in [3.05, 3.63) is 82.4 Å². The van der Waals surface area contributed by atoms with Gasteiger partial charge in [0.05, 0.1) is 11.0 Å². The predicted molar refractivity (Wildman–Crippen MR) is 119 cm³/mol. The highest BCUT2D eigenvalue weighted by molar-refractivity contribution is 7.89. The van der Waals surface area contributed by atoms with Crippen LogP contribution < -0.4 is 10.4 Å². The fourth-order valence-electron chi connectivity index (χ4n) is 3.82. The summed E-state index contributed by atoms with van der Waals surface area (Å²) in [5, 5.41) is 0. The molecule has 1 saturated heterocycles. The molecule has 0 radical (unpaired) electrons. The molecule has 2 heterocycles. The number of hydrogen-bond donors (Lipinski definition) is 0. The smallest absolute Gasteiger partial charge is 0.339 e. The second-order valence-electron chi connectivity index (χ2n) is 7.84. The van der Waals surface area contributed by atoms with Gasteiger partial charge in [-0.05, 0) is 49.9 Å². The van der Waals surface area contributed by atoms with E-state index in [-0.39, 0.29) is 6.10 Å². The van der Waals surface area contributed by atoms with E-state index in [4.69, 9.17) is 9.15 Å². The van der Waals surface area contributed by atoms with Crippen LogP contribution in [0.2, 0.25) is 0 Å². The first-order valence-corrected chi connectivity index (χ1v) is 11.7. The van der Waals surface area contributed by atoms with Crippen LogP contribution in [0.5, 0.6) is 5.75 Å². The maximum absolute atomic E-state index is 13.1. The van der Waals surface area contributed by atoms with Crippen molar-refractivity contribution in [1.29, 1.82) is 0 Å². The molecule has 7 heteroatoms. The van der Waals surface area contributed by atoms with Gasteiger partial charge >= 0.3 is 5.63 Å². The van der Waals surface area contributed by atoms with Gasteiger partial charge in [0.1, 0.15) is 17.6 Å². The van der Waals surface area contributed by atoms with Crippen LogP contribution in [-0.4, -0.2) is 31.9 Å². The normalized spacial score (nSPS) is 15.7. The molecule has 0 unspecified atom stereocenters. The van der Waals surface area contributed by atoms with Crippen molar-refractivity contribution in [3.63, 3.8) is 0 Å². The number of rotatable bonds is 5. The molecule has 0 N–H and O–H groups in total. The lowest BCUT2D eigenvalue weighted by Crippen LogP contribution is -2.41. The molecule has 4 rings (SSSR count). The highest BCUT2D eigenvalue weighted by Gasteiger charge is 2.30. The predicted octanol–water partition coefficient (Wildman–Crippen LogP) is 4.16. The molecule has 1 aliphatic rings. The molecule has 31 heavy (non-hydrogen) atoms. The summed E-state index contributed by atoms with van der Waals surface area (Å²) in [7, 11) is -3.57. The molecule has 0 atom stereocenters. The monoisotopic (exact) mass is 439 g/mol. The van der Waals surface area contributed by atoms with Crippen molar-refractivity contribution in [2.75, 3.05) is 13.1 Å². The number of aryl methyl sites for hydroxylation is 2. The van der Waals surface area contributed by atoms with Gasteiger partial charge in [-0.1, -0.05) is 42.0 Å². The molecule has 0 amide bonds. The summed E-state index contributed by atoms with van der Waals surface area (Å²) in [5.74, 6) is 0.943. The average molecular weight is 440 g/mol. The van der Waals surface area contributed by atoms with E-state index in [0.717, 1.165) is 16.7 Å². The minimum atomic E-state index is -3.57. The van der Waals surface area contributed by atoms with Crippen molar-refractivity contribution in [1.82, 2.24) is 4.31 Å². The maximum atomic E-state index is 13.1. The molecule has 0 bridgehead atoms. The van der Waals surface area contributed by atoms with Crippen LogP contribution in [-0.2, 0) is 10.0 Å². The minimum Gasteiger partial charge on any atom is -0.490 e. The third-order valence-electron chi connectivity index (χ3n) is 5.41. The molecule has 162 valence electrons. The van der Waals surface area contributed by atoms with E-state index in [9.17, 15) is 13.2 Å². The van der Waals surface area contributed by atoms with Gasteiger partial charge in [-0.15, -0.1) is 0 Å². The highest BCUT2D eigenvalue weighted by Crippen LogP contribution is 2.26. The van der Waals surface area contributed by atoms with Gasteiger partial charge in [0.25, 0.3) is 0 Å². The summed E-state index contributed by atoms with van der Waals surface area (Å²) in [5.41, 5.74) is 2.75. The molecule has 2 aromatic carbocycles. The Morgan fingerprint density at radius 2 is 1.65 bits per heavy atom. The van der Waals surface area contributed by atoms with Crippen molar-refractivity contribution in [3.8, 4) is 16.9 Å². The van der Waals surface area contributed by atoms with E-state index in [1.807, 2.05) is 37.3 Å². The summed E-state index contributed by atoms with van der Waals surface area (Å²) < 4.78 is 38.5. The fourth-order valence-corrected chi connectivity index (χ4v) is 5.29. The number of ether oxygens (including phenoxy) is 1. The Kier molecular flexibility index (Phi) is 5.98. The third-order valence-corrected chi connectivity index (χ3v) is 7.33. The van der Waals surface area contributed by atoms with Gasteiger partial charge in [0.15, 0.2) is 0 Å². The van der Waals surface area contributed by atoms with Crippen LogP contribution in [0.3, 0.4) is 0 Å².